The largest absolute Gasteiger partial charge is 0.378 e. The van der Waals surface area contributed by atoms with Crippen molar-refractivity contribution in [1.82, 2.24) is 10.3 Å². The second-order valence-electron chi connectivity index (χ2n) is 3.72. The minimum Gasteiger partial charge on any atom is -0.378 e. The zero-order valence-electron chi connectivity index (χ0n) is 8.40. The topological polar surface area (TPSA) is 34.1 Å². The Balaban J connectivity index is 1.68. The number of aromatic nitrogens is 1. The Morgan fingerprint density at radius 3 is 3.29 bits per heavy atom. The number of hydrogen-bond donors (Lipinski definition) is 1. The van der Waals surface area contributed by atoms with Gasteiger partial charge in [0.2, 0.25) is 0 Å². The van der Waals surface area contributed by atoms with Gasteiger partial charge in [-0.1, -0.05) is 0 Å². The molecule has 1 fully saturated rings. The van der Waals surface area contributed by atoms with Gasteiger partial charge in [-0.05, 0) is 19.3 Å². The monoisotopic (exact) mass is 212 g/mol. The van der Waals surface area contributed by atoms with Crippen molar-refractivity contribution in [3.8, 4) is 0 Å². The van der Waals surface area contributed by atoms with E-state index in [4.69, 9.17) is 4.74 Å². The Kier molecular flexibility index (Phi) is 3.50. The van der Waals surface area contributed by atoms with Gasteiger partial charge in [-0.25, -0.2) is 0 Å². The van der Waals surface area contributed by atoms with Crippen molar-refractivity contribution in [1.29, 1.82) is 0 Å². The molecule has 1 N–H and O–H groups in total. The predicted molar refractivity (Wildman–Crippen MR) is 57.3 cm³/mol. The molecule has 0 bridgehead atoms. The summed E-state index contributed by atoms with van der Waals surface area (Å²) in [4.78, 5) is 5.34. The zero-order valence-corrected chi connectivity index (χ0v) is 9.22. The minimum atomic E-state index is 0.420. The van der Waals surface area contributed by atoms with Gasteiger partial charge in [-0.15, -0.1) is 11.3 Å². The van der Waals surface area contributed by atoms with E-state index in [2.05, 4.69) is 17.2 Å². The van der Waals surface area contributed by atoms with Crippen LogP contribution in [0.15, 0.2) is 11.7 Å². The molecule has 1 saturated heterocycles. The van der Waals surface area contributed by atoms with Gasteiger partial charge in [0.15, 0.2) is 0 Å². The lowest BCUT2D eigenvalue weighted by atomic mass is 10.0. The lowest BCUT2D eigenvalue weighted by Crippen LogP contribution is -2.26. The van der Waals surface area contributed by atoms with Crippen molar-refractivity contribution in [2.75, 3.05) is 13.2 Å². The molecular weight excluding hydrogens is 196 g/mol. The summed E-state index contributed by atoms with van der Waals surface area (Å²) >= 11 is 1.70. The molecule has 0 aromatic carbocycles. The third-order valence-corrected chi connectivity index (χ3v) is 3.50. The summed E-state index contributed by atoms with van der Waals surface area (Å²) in [6.45, 7) is 5.08. The molecule has 2 heterocycles. The van der Waals surface area contributed by atoms with E-state index >= 15 is 0 Å². The summed E-state index contributed by atoms with van der Waals surface area (Å²) in [6.07, 6.45) is 3.53. The van der Waals surface area contributed by atoms with E-state index < -0.39 is 0 Å². The summed E-state index contributed by atoms with van der Waals surface area (Å²) in [5, 5.41) is 3.45. The summed E-state index contributed by atoms with van der Waals surface area (Å²) in [6, 6.07) is 0. The quantitative estimate of drug-likeness (QED) is 0.824. The van der Waals surface area contributed by atoms with Crippen LogP contribution < -0.4 is 5.32 Å². The summed E-state index contributed by atoms with van der Waals surface area (Å²) in [5.74, 6) is 0.683. The number of hydrogen-bond acceptors (Lipinski definition) is 4. The molecule has 0 spiro atoms. The van der Waals surface area contributed by atoms with Gasteiger partial charge in [0.1, 0.15) is 0 Å². The molecule has 4 heteroatoms. The smallest absolute Gasteiger partial charge is 0.0794 e. The first kappa shape index (κ1) is 10.1. The van der Waals surface area contributed by atoms with Gasteiger partial charge in [0.05, 0.1) is 11.6 Å². The molecule has 1 aromatic heterocycles. The van der Waals surface area contributed by atoms with Gasteiger partial charge < -0.3 is 10.1 Å². The molecular formula is C10H16N2OS. The molecule has 2 atom stereocenters. The van der Waals surface area contributed by atoms with Crippen LogP contribution in [0.1, 0.15) is 18.2 Å². The highest BCUT2D eigenvalue weighted by atomic mass is 32.1. The highest BCUT2D eigenvalue weighted by Crippen LogP contribution is 2.19. The van der Waals surface area contributed by atoms with Gasteiger partial charge in [0, 0.05) is 30.8 Å². The maximum Gasteiger partial charge on any atom is 0.0794 e. The molecule has 0 aliphatic carbocycles. The highest BCUT2D eigenvalue weighted by Gasteiger charge is 2.23. The Morgan fingerprint density at radius 1 is 1.71 bits per heavy atom. The van der Waals surface area contributed by atoms with Crippen molar-refractivity contribution in [3.05, 3.63) is 16.6 Å². The maximum atomic E-state index is 5.50. The van der Waals surface area contributed by atoms with Crippen LogP contribution in [0.25, 0.3) is 0 Å². The fraction of sp³-hybridized carbons (Fsp3) is 0.700. The SMILES string of the molecule is CC1OCCC1CNCc1cncs1. The first-order valence-electron chi connectivity index (χ1n) is 5.06. The van der Waals surface area contributed by atoms with Crippen molar-refractivity contribution >= 4 is 11.3 Å². The fourth-order valence-corrected chi connectivity index (χ4v) is 2.32. The number of thiazole rings is 1. The van der Waals surface area contributed by atoms with E-state index in [1.54, 1.807) is 11.3 Å². The minimum absolute atomic E-state index is 0.420. The van der Waals surface area contributed by atoms with Crippen LogP contribution in [0.3, 0.4) is 0 Å². The lowest BCUT2D eigenvalue weighted by molar-refractivity contribution is 0.105. The highest BCUT2D eigenvalue weighted by molar-refractivity contribution is 7.09. The van der Waals surface area contributed by atoms with Gasteiger partial charge in [-0.3, -0.25) is 4.98 Å². The Bertz CT molecular complexity index is 263. The van der Waals surface area contributed by atoms with Crippen molar-refractivity contribution in [2.24, 2.45) is 5.92 Å². The van der Waals surface area contributed by atoms with E-state index in [9.17, 15) is 0 Å². The van der Waals surface area contributed by atoms with E-state index in [0.29, 0.717) is 12.0 Å². The normalized spacial score (nSPS) is 26.9. The van der Waals surface area contributed by atoms with Crippen LogP contribution in [0.4, 0.5) is 0 Å². The second-order valence-corrected chi connectivity index (χ2v) is 4.69. The third kappa shape index (κ3) is 2.53. The Morgan fingerprint density at radius 2 is 2.64 bits per heavy atom. The third-order valence-electron chi connectivity index (χ3n) is 2.72. The fourth-order valence-electron chi connectivity index (χ4n) is 1.75. The van der Waals surface area contributed by atoms with E-state index in [1.807, 2.05) is 11.7 Å². The van der Waals surface area contributed by atoms with Crippen LogP contribution in [0.2, 0.25) is 0 Å². The van der Waals surface area contributed by atoms with E-state index in [-0.39, 0.29) is 0 Å². The average molecular weight is 212 g/mol. The first-order chi connectivity index (χ1) is 6.86. The van der Waals surface area contributed by atoms with Crippen LogP contribution in [0.5, 0.6) is 0 Å². The van der Waals surface area contributed by atoms with E-state index in [0.717, 1.165) is 19.7 Å². The Hall–Kier alpha value is -0.450. The second kappa shape index (κ2) is 4.87. The van der Waals surface area contributed by atoms with Crippen molar-refractivity contribution in [3.63, 3.8) is 0 Å². The summed E-state index contributed by atoms with van der Waals surface area (Å²) < 4.78 is 5.50. The molecule has 14 heavy (non-hydrogen) atoms. The van der Waals surface area contributed by atoms with Gasteiger partial charge >= 0.3 is 0 Å². The van der Waals surface area contributed by atoms with Crippen LogP contribution in [-0.2, 0) is 11.3 Å². The molecule has 2 rings (SSSR count). The van der Waals surface area contributed by atoms with Gasteiger partial charge in [-0.2, -0.15) is 0 Å². The Labute approximate surface area is 88.5 Å². The molecule has 0 saturated carbocycles. The molecule has 0 radical (unpaired) electrons. The molecule has 78 valence electrons. The predicted octanol–water partition coefficient (Wildman–Crippen LogP) is 1.66. The average Bonchev–Trinajstić information content (AvgIpc) is 2.78. The number of nitrogens with zero attached hydrogens (tertiary/aromatic N) is 1. The van der Waals surface area contributed by atoms with Crippen LogP contribution in [0, 0.1) is 5.92 Å². The number of ether oxygens (including phenoxy) is 1. The molecule has 2 unspecified atom stereocenters. The first-order valence-corrected chi connectivity index (χ1v) is 5.94. The molecule has 1 aliphatic heterocycles. The molecule has 1 aromatic rings. The number of nitrogens with one attached hydrogen (secondary N) is 1. The maximum absolute atomic E-state index is 5.50. The summed E-state index contributed by atoms with van der Waals surface area (Å²) in [5.41, 5.74) is 1.87. The number of rotatable bonds is 4. The summed E-state index contributed by atoms with van der Waals surface area (Å²) in [7, 11) is 0. The van der Waals surface area contributed by atoms with Gasteiger partial charge in [0.25, 0.3) is 0 Å². The lowest BCUT2D eigenvalue weighted by Gasteiger charge is -2.13. The standard InChI is InChI=1S/C10H16N2OS/c1-8-9(2-3-13-8)4-11-5-10-6-12-7-14-10/h6-9,11H,2-5H2,1H3. The molecule has 1 aliphatic rings. The van der Waals surface area contributed by atoms with Crippen LogP contribution in [-0.4, -0.2) is 24.2 Å². The van der Waals surface area contributed by atoms with Crippen molar-refractivity contribution < 1.29 is 4.74 Å². The van der Waals surface area contributed by atoms with Crippen LogP contribution >= 0.6 is 11.3 Å². The molecule has 3 nitrogen and oxygen atoms in total. The van der Waals surface area contributed by atoms with Crippen molar-refractivity contribution in [2.45, 2.75) is 26.0 Å². The molecule has 0 amide bonds. The van der Waals surface area contributed by atoms with E-state index in [1.165, 1.54) is 11.3 Å². The zero-order chi connectivity index (χ0) is 9.80.